The highest BCUT2D eigenvalue weighted by molar-refractivity contribution is 7.90. The van der Waals surface area contributed by atoms with Crippen molar-refractivity contribution >= 4 is 27.7 Å². The minimum absolute atomic E-state index is 0.0437. The number of benzene rings is 1. The third kappa shape index (κ3) is 12.0. The Morgan fingerprint density at radius 2 is 1.53 bits per heavy atom. The van der Waals surface area contributed by atoms with Gasteiger partial charge in [0, 0.05) is 25.6 Å². The van der Waals surface area contributed by atoms with E-state index in [2.05, 4.69) is 17.2 Å². The lowest BCUT2D eigenvalue weighted by Crippen LogP contribution is -2.41. The van der Waals surface area contributed by atoms with Gasteiger partial charge in [-0.05, 0) is 61.4 Å². The van der Waals surface area contributed by atoms with E-state index in [0.29, 0.717) is 41.7 Å². The lowest BCUT2D eigenvalue weighted by molar-refractivity contribution is -0.125. The van der Waals surface area contributed by atoms with E-state index < -0.39 is 21.8 Å². The Bertz CT molecular complexity index is 1310. The Morgan fingerprint density at radius 3 is 2.13 bits per heavy atom. The highest BCUT2D eigenvalue weighted by Crippen LogP contribution is 2.26. The van der Waals surface area contributed by atoms with Crippen LogP contribution in [-0.2, 0) is 32.6 Å². The summed E-state index contributed by atoms with van der Waals surface area (Å²) in [5.41, 5.74) is 1.09. The summed E-state index contributed by atoms with van der Waals surface area (Å²) in [7, 11) is -4.50. The number of sulfonamides is 1. The van der Waals surface area contributed by atoms with Crippen molar-refractivity contribution < 1.29 is 27.9 Å². The van der Waals surface area contributed by atoms with Gasteiger partial charge in [-0.3, -0.25) is 19.4 Å². The molecule has 9 nitrogen and oxygen atoms in total. The molecular weight excluding hydrogens is 590 g/mol. The first-order valence-corrected chi connectivity index (χ1v) is 18.2. The number of aromatic nitrogens is 1. The van der Waals surface area contributed by atoms with Crippen LogP contribution in [0, 0.1) is 5.92 Å². The zero-order chi connectivity index (χ0) is 32.5. The van der Waals surface area contributed by atoms with Crippen molar-refractivity contribution in [3.05, 3.63) is 59.4 Å². The Hall–Kier alpha value is -3.11. The highest BCUT2D eigenvalue weighted by Gasteiger charge is 2.35. The van der Waals surface area contributed by atoms with Crippen LogP contribution in [0.15, 0.2) is 47.5 Å². The molecule has 0 radical (unpaired) electrons. The molecule has 0 spiro atoms. The largest absolute Gasteiger partial charge is 0.390 e. The first kappa shape index (κ1) is 36.4. The summed E-state index contributed by atoms with van der Waals surface area (Å²) in [4.78, 5) is 43.0. The molecule has 1 heterocycles. The Kier molecular flexibility index (Phi) is 15.7. The molecule has 0 bridgehead atoms. The maximum absolute atomic E-state index is 13.7. The van der Waals surface area contributed by atoms with E-state index in [9.17, 15) is 27.9 Å². The summed E-state index contributed by atoms with van der Waals surface area (Å²) in [5.74, 6) is -1.25. The van der Waals surface area contributed by atoms with Crippen molar-refractivity contribution in [3.63, 3.8) is 0 Å². The van der Waals surface area contributed by atoms with Crippen LogP contribution in [0.2, 0.25) is 0 Å². The van der Waals surface area contributed by atoms with Gasteiger partial charge < -0.3 is 10.4 Å². The van der Waals surface area contributed by atoms with E-state index in [4.69, 9.17) is 0 Å². The second kappa shape index (κ2) is 19.4. The topological polar surface area (TPSA) is 134 Å². The van der Waals surface area contributed by atoms with Crippen molar-refractivity contribution in [1.82, 2.24) is 14.6 Å². The molecule has 3 rings (SSSR count). The molecule has 248 valence electrons. The molecule has 1 aliphatic rings. The van der Waals surface area contributed by atoms with Crippen LogP contribution in [-0.4, -0.2) is 47.1 Å². The fourth-order valence-corrected chi connectivity index (χ4v) is 7.19. The quantitative estimate of drug-likeness (QED) is 0.168. The van der Waals surface area contributed by atoms with Gasteiger partial charge in [-0.2, -0.15) is 4.31 Å². The molecule has 1 aliphatic carbocycles. The minimum atomic E-state index is -4.50. The molecule has 2 aromatic rings. The average molecular weight is 642 g/mol. The van der Waals surface area contributed by atoms with Gasteiger partial charge in [-0.25, -0.2) is 8.42 Å². The fraction of sp³-hybridized carbons (Fsp3) is 0.600. The van der Waals surface area contributed by atoms with Crippen LogP contribution in [0.25, 0.3) is 0 Å². The number of amides is 3. The number of hydrogen-bond acceptors (Lipinski definition) is 7. The number of nitrogens with one attached hydrogen (secondary N) is 1. The van der Waals surface area contributed by atoms with Crippen LogP contribution in [0.1, 0.15) is 131 Å². The third-order valence-electron chi connectivity index (χ3n) is 8.54. The zero-order valence-corrected chi connectivity index (χ0v) is 27.7. The molecule has 0 aliphatic heterocycles. The average Bonchev–Trinajstić information content (AvgIpc) is 3.04. The monoisotopic (exact) mass is 641 g/mol. The van der Waals surface area contributed by atoms with Crippen LogP contribution < -0.4 is 5.32 Å². The molecule has 0 saturated heterocycles. The van der Waals surface area contributed by atoms with Crippen molar-refractivity contribution in [3.8, 4) is 0 Å². The molecule has 1 saturated carbocycles. The lowest BCUT2D eigenvalue weighted by Gasteiger charge is -2.21. The van der Waals surface area contributed by atoms with Crippen molar-refractivity contribution in [2.24, 2.45) is 5.92 Å². The van der Waals surface area contributed by atoms with E-state index in [1.54, 1.807) is 12.1 Å². The van der Waals surface area contributed by atoms with Crippen molar-refractivity contribution in [2.75, 3.05) is 6.54 Å². The molecule has 1 fully saturated rings. The summed E-state index contributed by atoms with van der Waals surface area (Å²) in [6, 6.07) is 8.87. The molecule has 1 aromatic carbocycles. The van der Waals surface area contributed by atoms with Gasteiger partial charge in [0.25, 0.3) is 15.9 Å². The van der Waals surface area contributed by atoms with Crippen molar-refractivity contribution in [1.29, 1.82) is 0 Å². The fourth-order valence-electron chi connectivity index (χ4n) is 5.81. The van der Waals surface area contributed by atoms with E-state index in [1.165, 1.54) is 75.4 Å². The number of rotatable bonds is 19. The summed E-state index contributed by atoms with van der Waals surface area (Å²) in [6.07, 6.45) is 17.3. The Morgan fingerprint density at radius 1 is 0.889 bits per heavy atom. The number of aliphatic hydroxyl groups is 1. The first-order chi connectivity index (χ1) is 21.8. The minimum Gasteiger partial charge on any atom is -0.390 e. The molecule has 3 amide bonds. The summed E-state index contributed by atoms with van der Waals surface area (Å²) in [6.45, 7) is 2.30. The molecule has 0 atom stereocenters. The number of unbranched alkanes of at least 4 members (excludes halogenated alkanes) is 8. The number of carbonyl (C=O) groups excluding carboxylic acids is 3. The van der Waals surface area contributed by atoms with Gasteiger partial charge in [0.15, 0.2) is 0 Å². The lowest BCUT2D eigenvalue weighted by atomic mass is 9.87. The highest BCUT2D eigenvalue weighted by atomic mass is 32.2. The van der Waals surface area contributed by atoms with E-state index in [-0.39, 0.29) is 29.4 Å². The Labute approximate surface area is 269 Å². The van der Waals surface area contributed by atoms with Gasteiger partial charge in [-0.15, -0.1) is 0 Å². The van der Waals surface area contributed by atoms with Crippen molar-refractivity contribution in [2.45, 2.75) is 128 Å². The second-order valence-electron chi connectivity index (χ2n) is 12.2. The van der Waals surface area contributed by atoms with Crippen LogP contribution in [0.5, 0.6) is 0 Å². The van der Waals surface area contributed by atoms with Crippen LogP contribution in [0.3, 0.4) is 0 Å². The maximum atomic E-state index is 13.7. The van der Waals surface area contributed by atoms with Gasteiger partial charge in [0.1, 0.15) is 0 Å². The summed E-state index contributed by atoms with van der Waals surface area (Å²) in [5, 5.41) is 12.3. The second-order valence-corrected chi connectivity index (χ2v) is 14.0. The van der Waals surface area contributed by atoms with E-state index in [0.717, 1.165) is 44.1 Å². The summed E-state index contributed by atoms with van der Waals surface area (Å²) >= 11 is 0. The van der Waals surface area contributed by atoms with Crippen LogP contribution in [0.4, 0.5) is 0 Å². The Balaban J connectivity index is 1.62. The molecule has 1 aromatic heterocycles. The van der Waals surface area contributed by atoms with E-state index >= 15 is 0 Å². The molecule has 0 unspecified atom stereocenters. The normalized spacial score (nSPS) is 13.8. The molecule has 45 heavy (non-hydrogen) atoms. The first-order valence-electron chi connectivity index (χ1n) is 16.8. The SMILES string of the molecule is CCCCCCCCCCCC(=O)N(C(=O)c1ccc(CO)nc1)S(=O)(=O)c1ccc(CCNC(=O)CC2CCCCC2)cc1. The van der Waals surface area contributed by atoms with E-state index in [1.807, 2.05) is 0 Å². The number of carbonyl (C=O) groups is 3. The molecule has 2 N–H and O–H groups in total. The predicted octanol–water partition coefficient (Wildman–Crippen LogP) is 6.48. The molecule has 10 heteroatoms. The third-order valence-corrected chi connectivity index (χ3v) is 10.3. The van der Waals surface area contributed by atoms with Crippen LogP contribution >= 0.6 is 0 Å². The summed E-state index contributed by atoms with van der Waals surface area (Å²) < 4.78 is 27.9. The van der Waals surface area contributed by atoms with Gasteiger partial charge in [0.05, 0.1) is 22.8 Å². The number of aliphatic hydroxyl groups excluding tert-OH is 1. The zero-order valence-electron chi connectivity index (χ0n) is 26.8. The number of hydrogen-bond donors (Lipinski definition) is 2. The van der Waals surface area contributed by atoms with Gasteiger partial charge in [-0.1, -0.05) is 89.7 Å². The maximum Gasteiger partial charge on any atom is 0.276 e. The molecular formula is C35H51N3O6S. The number of nitrogens with zero attached hydrogens (tertiary/aromatic N) is 2. The predicted molar refractivity (Wildman–Crippen MR) is 175 cm³/mol. The standard InChI is InChI=1S/C35H51N3O6S/c1-2-3-4-5-6-7-8-9-13-16-34(41)38(35(42)30-19-20-31(27-39)37-26-30)45(43,44)32-21-17-28(18-22-32)23-24-36-33(40)25-29-14-11-10-12-15-29/h17-22,26,29,39H,2-16,23-25,27H2,1H3,(H,36,40). The van der Waals surface area contributed by atoms with Gasteiger partial charge >= 0.3 is 0 Å². The number of pyridine rings is 1. The van der Waals surface area contributed by atoms with Gasteiger partial charge in [0.2, 0.25) is 11.8 Å². The number of imide groups is 1. The smallest absolute Gasteiger partial charge is 0.276 e.